The number of halogens is 2. The molecule has 0 saturated heterocycles. The van der Waals surface area contributed by atoms with Crippen LogP contribution in [0.2, 0.25) is 0 Å². The first kappa shape index (κ1) is 30.2. The van der Waals surface area contributed by atoms with Gasteiger partial charge in [0, 0.05) is 11.5 Å². The van der Waals surface area contributed by atoms with Gasteiger partial charge in [-0.25, -0.2) is 0 Å². The van der Waals surface area contributed by atoms with Gasteiger partial charge in [-0.05, 0) is 48.9 Å². The summed E-state index contributed by atoms with van der Waals surface area (Å²) in [5.41, 5.74) is 1.42. The van der Waals surface area contributed by atoms with E-state index in [0.717, 1.165) is 17.9 Å². The molecule has 6 nitrogen and oxygen atoms in total. The van der Waals surface area contributed by atoms with Gasteiger partial charge in [0.1, 0.15) is 23.6 Å². The van der Waals surface area contributed by atoms with E-state index in [1.807, 2.05) is 36.5 Å². The predicted molar refractivity (Wildman–Crippen MR) is 117 cm³/mol. The van der Waals surface area contributed by atoms with Gasteiger partial charge in [-0.2, -0.15) is 0 Å². The van der Waals surface area contributed by atoms with Gasteiger partial charge in [-0.3, -0.25) is 4.79 Å². The monoisotopic (exact) mass is 486 g/mol. The number of carbonyl (C=O) groups excluding carboxylic acids is 1. The zero-order valence-corrected chi connectivity index (χ0v) is 20.7. The Morgan fingerprint density at radius 3 is 2.19 bits per heavy atom. The van der Waals surface area contributed by atoms with E-state index >= 15 is 0 Å². The molecule has 0 amide bonds. The summed E-state index contributed by atoms with van der Waals surface area (Å²) in [4.78, 5) is 13.8. The Bertz CT molecular complexity index is 786. The normalized spacial score (nSPS) is 13.4. The number of quaternary nitrogens is 2. The van der Waals surface area contributed by atoms with Crippen molar-refractivity contribution in [2.45, 2.75) is 32.4 Å². The number of carbonyl (C=O) groups is 1. The molecule has 0 aliphatic carbocycles. The standard InChI is InChI=1S/C24H34N2O4.2ClH/c1-17(15-26(3)4)16-30-22-11-7-19(8-12-22)23(28)13-14-25-18(2)24(29)20-5-9-21(27)10-6-20;;/h5-12,17-18,24-25,27,29H,13-16H2,1-4H3;2*1H. The summed E-state index contributed by atoms with van der Waals surface area (Å²) in [6, 6.07) is 13.8. The van der Waals surface area contributed by atoms with Crippen molar-refractivity contribution in [3.8, 4) is 11.5 Å². The number of benzene rings is 2. The maximum absolute atomic E-state index is 12.4. The molecule has 2 rings (SSSR count). The summed E-state index contributed by atoms with van der Waals surface area (Å²) in [7, 11) is 4.26. The van der Waals surface area contributed by atoms with Gasteiger partial charge in [0.05, 0.1) is 40.2 Å². The van der Waals surface area contributed by atoms with Crippen LogP contribution in [0.3, 0.4) is 0 Å². The van der Waals surface area contributed by atoms with Crippen LogP contribution in [0.25, 0.3) is 0 Å². The second kappa shape index (κ2) is 15.1. The molecule has 0 bridgehead atoms. The van der Waals surface area contributed by atoms with Crippen molar-refractivity contribution in [3.05, 3.63) is 59.7 Å². The van der Waals surface area contributed by atoms with Crippen molar-refractivity contribution in [2.75, 3.05) is 33.8 Å². The predicted octanol–water partition coefficient (Wildman–Crippen LogP) is -5.18. The topological polar surface area (TPSA) is 87.8 Å². The average molecular weight is 487 g/mol. The smallest absolute Gasteiger partial charge is 0.168 e. The SMILES string of the molecule is CC(COc1ccc(C(=O)CC[NH2+]C(C)C(O)c2ccc(O)cc2)cc1)C[NH+](C)C.[Cl-].[Cl-]. The first-order chi connectivity index (χ1) is 14.3. The van der Waals surface area contributed by atoms with Gasteiger partial charge in [0.2, 0.25) is 0 Å². The molecule has 0 heterocycles. The van der Waals surface area contributed by atoms with Crippen molar-refractivity contribution in [1.29, 1.82) is 0 Å². The lowest BCUT2D eigenvalue weighted by Crippen LogP contribution is -3.06. The molecule has 5 N–H and O–H groups in total. The number of nitrogens with two attached hydrogens (primary N) is 1. The lowest BCUT2D eigenvalue weighted by Gasteiger charge is -2.17. The zero-order valence-electron chi connectivity index (χ0n) is 19.2. The number of phenolic OH excluding ortho intramolecular Hbond substituents is 1. The molecule has 3 atom stereocenters. The highest BCUT2D eigenvalue weighted by Gasteiger charge is 2.19. The van der Waals surface area contributed by atoms with E-state index in [0.29, 0.717) is 31.1 Å². The summed E-state index contributed by atoms with van der Waals surface area (Å²) in [6.07, 6.45) is -0.260. The van der Waals surface area contributed by atoms with Crippen LogP contribution in [-0.2, 0) is 0 Å². The maximum atomic E-state index is 12.4. The van der Waals surface area contributed by atoms with Crippen molar-refractivity contribution >= 4 is 5.78 Å². The van der Waals surface area contributed by atoms with Crippen LogP contribution in [-0.4, -0.2) is 55.8 Å². The van der Waals surface area contributed by atoms with Crippen LogP contribution in [0.4, 0.5) is 0 Å². The average Bonchev–Trinajstić information content (AvgIpc) is 2.72. The Hall–Kier alpha value is -1.83. The molecule has 2 aromatic carbocycles. The fourth-order valence-electron chi connectivity index (χ4n) is 3.46. The molecule has 0 spiro atoms. The number of ketones is 1. The Balaban J connectivity index is 0.00000480. The van der Waals surface area contributed by atoms with Crippen LogP contribution in [0, 0.1) is 5.92 Å². The maximum Gasteiger partial charge on any atom is 0.168 e. The summed E-state index contributed by atoms with van der Waals surface area (Å²) in [5.74, 6) is 1.50. The summed E-state index contributed by atoms with van der Waals surface area (Å²) in [5, 5.41) is 21.7. The zero-order chi connectivity index (χ0) is 22.1. The number of hydrogen-bond acceptors (Lipinski definition) is 4. The minimum absolute atomic E-state index is 0. The minimum Gasteiger partial charge on any atom is -1.00 e. The van der Waals surface area contributed by atoms with Gasteiger partial charge in [-0.15, -0.1) is 0 Å². The van der Waals surface area contributed by atoms with E-state index in [9.17, 15) is 15.0 Å². The van der Waals surface area contributed by atoms with Crippen LogP contribution in [0.5, 0.6) is 11.5 Å². The molecule has 32 heavy (non-hydrogen) atoms. The number of aromatic hydroxyl groups is 1. The van der Waals surface area contributed by atoms with Gasteiger partial charge in [0.25, 0.3) is 0 Å². The number of Topliss-reactive ketones (excluding diaryl/α,β-unsaturated/α-hetero) is 1. The number of rotatable bonds is 12. The number of aliphatic hydroxyl groups excluding tert-OH is 1. The number of nitrogens with one attached hydrogen (secondary N) is 1. The number of ether oxygens (including phenoxy) is 1. The van der Waals surface area contributed by atoms with Crippen molar-refractivity contribution in [1.82, 2.24) is 0 Å². The fourth-order valence-corrected chi connectivity index (χ4v) is 3.46. The van der Waals surface area contributed by atoms with Crippen molar-refractivity contribution in [3.63, 3.8) is 0 Å². The summed E-state index contributed by atoms with van der Waals surface area (Å²) >= 11 is 0. The molecule has 3 unspecified atom stereocenters. The number of aliphatic hydroxyl groups is 1. The Kier molecular flexibility index (Phi) is 14.2. The van der Waals surface area contributed by atoms with E-state index < -0.39 is 6.10 Å². The first-order valence-corrected chi connectivity index (χ1v) is 10.6. The van der Waals surface area contributed by atoms with Crippen molar-refractivity contribution < 1.29 is 54.8 Å². The minimum atomic E-state index is -0.659. The van der Waals surface area contributed by atoms with E-state index in [1.54, 1.807) is 24.3 Å². The highest BCUT2D eigenvalue weighted by Crippen LogP contribution is 2.18. The molecule has 0 aliphatic rings. The Labute approximate surface area is 203 Å². The van der Waals surface area contributed by atoms with Gasteiger partial charge in [-0.1, -0.05) is 19.1 Å². The van der Waals surface area contributed by atoms with Crippen LogP contribution in [0.15, 0.2) is 48.5 Å². The highest BCUT2D eigenvalue weighted by atomic mass is 35.5. The summed E-state index contributed by atoms with van der Waals surface area (Å²) in [6.45, 7) is 6.40. The molecule has 0 radical (unpaired) electrons. The molecular formula is C24H36Cl2N2O4. The third kappa shape index (κ3) is 10.2. The van der Waals surface area contributed by atoms with E-state index in [1.165, 1.54) is 4.90 Å². The molecule has 0 aliphatic heterocycles. The second-order valence-corrected chi connectivity index (χ2v) is 8.44. The van der Waals surface area contributed by atoms with Crippen molar-refractivity contribution in [2.24, 2.45) is 5.92 Å². The van der Waals surface area contributed by atoms with Gasteiger partial charge < -0.3 is 50.0 Å². The van der Waals surface area contributed by atoms with Crippen LogP contribution >= 0.6 is 0 Å². The second-order valence-electron chi connectivity index (χ2n) is 8.44. The Morgan fingerprint density at radius 1 is 1.03 bits per heavy atom. The fraction of sp³-hybridized carbons (Fsp3) is 0.458. The van der Waals surface area contributed by atoms with Crippen LogP contribution in [0.1, 0.15) is 42.3 Å². The van der Waals surface area contributed by atoms with E-state index in [2.05, 4.69) is 21.0 Å². The molecule has 0 saturated carbocycles. The molecule has 0 aromatic heterocycles. The largest absolute Gasteiger partial charge is 1.00 e. The van der Waals surface area contributed by atoms with Gasteiger partial charge in [0.15, 0.2) is 5.78 Å². The lowest BCUT2D eigenvalue weighted by molar-refractivity contribution is -0.861. The lowest BCUT2D eigenvalue weighted by atomic mass is 10.0. The Morgan fingerprint density at radius 2 is 1.62 bits per heavy atom. The molecule has 0 fully saturated rings. The third-order valence-corrected chi connectivity index (χ3v) is 5.11. The van der Waals surface area contributed by atoms with Crippen LogP contribution < -0.4 is 39.8 Å². The molecule has 180 valence electrons. The summed E-state index contributed by atoms with van der Waals surface area (Å²) < 4.78 is 5.82. The number of phenols is 1. The number of hydrogen-bond donors (Lipinski definition) is 4. The van der Waals surface area contributed by atoms with E-state index in [4.69, 9.17) is 4.74 Å². The quantitative estimate of drug-likeness (QED) is 0.226. The van der Waals surface area contributed by atoms with E-state index in [-0.39, 0.29) is 42.4 Å². The molecule has 2 aromatic rings. The van der Waals surface area contributed by atoms with Gasteiger partial charge >= 0.3 is 0 Å². The highest BCUT2D eigenvalue weighted by molar-refractivity contribution is 5.96. The molecular weight excluding hydrogens is 451 g/mol. The third-order valence-electron chi connectivity index (χ3n) is 5.11. The molecule has 8 heteroatoms. The first-order valence-electron chi connectivity index (χ1n) is 10.6.